The number of hydrogen-bond donors (Lipinski definition) is 2. The van der Waals surface area contributed by atoms with Crippen LogP contribution in [0.15, 0.2) is 40.6 Å². The number of benzene rings is 2. The van der Waals surface area contributed by atoms with Crippen molar-refractivity contribution in [2.45, 2.75) is 0 Å². The number of nitrogens with zero attached hydrogens (tertiary/aromatic N) is 4. The number of nitrogens with two attached hydrogens (primary N) is 1. The molecule has 0 saturated carbocycles. The SMILES string of the molecule is COc1ccc(/N=N/c2c(N)ccc3nn[nH]c23)c(OC)c1. The number of aromatic amines is 1. The Morgan fingerprint density at radius 2 is 1.95 bits per heavy atom. The average molecular weight is 298 g/mol. The fraction of sp³-hybridized carbons (Fsp3) is 0.143. The van der Waals surface area contributed by atoms with Gasteiger partial charge in [0.25, 0.3) is 0 Å². The topological polar surface area (TPSA) is 111 Å². The molecule has 112 valence electrons. The number of nitrogens with one attached hydrogen (secondary N) is 1. The third-order valence-corrected chi connectivity index (χ3v) is 3.15. The molecule has 3 rings (SSSR count). The van der Waals surface area contributed by atoms with E-state index in [-0.39, 0.29) is 0 Å². The first-order chi connectivity index (χ1) is 10.7. The number of methoxy groups -OCH3 is 2. The van der Waals surface area contributed by atoms with Gasteiger partial charge >= 0.3 is 0 Å². The van der Waals surface area contributed by atoms with Crippen molar-refractivity contribution < 1.29 is 9.47 Å². The molecule has 0 aliphatic heterocycles. The zero-order chi connectivity index (χ0) is 15.5. The molecule has 1 aromatic heterocycles. The van der Waals surface area contributed by atoms with Gasteiger partial charge in [-0.15, -0.1) is 15.3 Å². The van der Waals surface area contributed by atoms with Gasteiger partial charge in [-0.05, 0) is 24.3 Å². The fourth-order valence-corrected chi connectivity index (χ4v) is 2.00. The summed E-state index contributed by atoms with van der Waals surface area (Å²) < 4.78 is 10.4. The number of aromatic nitrogens is 3. The Balaban J connectivity index is 2.03. The van der Waals surface area contributed by atoms with Crippen LogP contribution in [0.25, 0.3) is 11.0 Å². The predicted molar refractivity (Wildman–Crippen MR) is 82.0 cm³/mol. The first-order valence-corrected chi connectivity index (χ1v) is 6.46. The quantitative estimate of drug-likeness (QED) is 0.568. The summed E-state index contributed by atoms with van der Waals surface area (Å²) >= 11 is 0. The first kappa shape index (κ1) is 13.8. The molecule has 0 radical (unpaired) electrons. The largest absolute Gasteiger partial charge is 0.497 e. The van der Waals surface area contributed by atoms with Crippen molar-refractivity contribution in [2.24, 2.45) is 10.2 Å². The van der Waals surface area contributed by atoms with E-state index in [9.17, 15) is 0 Å². The summed E-state index contributed by atoms with van der Waals surface area (Å²) in [4.78, 5) is 0. The number of azo groups is 1. The molecule has 3 N–H and O–H groups in total. The number of rotatable bonds is 4. The van der Waals surface area contributed by atoms with Crippen molar-refractivity contribution in [3.05, 3.63) is 30.3 Å². The summed E-state index contributed by atoms with van der Waals surface area (Å²) in [5.41, 5.74) is 8.78. The predicted octanol–water partition coefficient (Wildman–Crippen LogP) is 2.97. The van der Waals surface area contributed by atoms with Crippen LogP contribution < -0.4 is 15.2 Å². The van der Waals surface area contributed by atoms with Gasteiger partial charge in [0.1, 0.15) is 33.9 Å². The summed E-state index contributed by atoms with van der Waals surface area (Å²) in [5, 5.41) is 18.8. The summed E-state index contributed by atoms with van der Waals surface area (Å²) in [6, 6.07) is 8.74. The molecular formula is C14H14N6O2. The van der Waals surface area contributed by atoms with Gasteiger partial charge in [-0.1, -0.05) is 5.21 Å². The van der Waals surface area contributed by atoms with Gasteiger partial charge in [0.2, 0.25) is 0 Å². The molecule has 0 saturated heterocycles. The minimum atomic E-state index is 0.481. The summed E-state index contributed by atoms with van der Waals surface area (Å²) in [7, 11) is 3.14. The Labute approximate surface area is 125 Å². The highest BCUT2D eigenvalue weighted by atomic mass is 16.5. The Morgan fingerprint density at radius 3 is 2.73 bits per heavy atom. The fourth-order valence-electron chi connectivity index (χ4n) is 2.00. The van der Waals surface area contributed by atoms with E-state index in [0.717, 1.165) is 0 Å². The molecule has 0 unspecified atom stereocenters. The Hall–Kier alpha value is -3.16. The van der Waals surface area contributed by atoms with E-state index in [2.05, 4.69) is 25.6 Å². The van der Waals surface area contributed by atoms with Gasteiger partial charge in [0, 0.05) is 6.07 Å². The van der Waals surface area contributed by atoms with Gasteiger partial charge in [0.05, 0.1) is 19.9 Å². The van der Waals surface area contributed by atoms with Crippen LogP contribution in [0.5, 0.6) is 11.5 Å². The molecule has 3 aromatic rings. The van der Waals surface area contributed by atoms with Crippen LogP contribution in [0.3, 0.4) is 0 Å². The van der Waals surface area contributed by atoms with E-state index in [4.69, 9.17) is 15.2 Å². The van der Waals surface area contributed by atoms with Gasteiger partial charge in [-0.3, -0.25) is 5.10 Å². The molecule has 0 spiro atoms. The molecule has 0 bridgehead atoms. The molecule has 0 aliphatic rings. The summed E-state index contributed by atoms with van der Waals surface area (Å²) in [6.45, 7) is 0. The molecule has 1 heterocycles. The highest BCUT2D eigenvalue weighted by molar-refractivity contribution is 5.92. The maximum atomic E-state index is 5.95. The second kappa shape index (κ2) is 5.68. The van der Waals surface area contributed by atoms with Crippen LogP contribution in [0, 0.1) is 0 Å². The maximum absolute atomic E-state index is 5.95. The van der Waals surface area contributed by atoms with Crippen LogP contribution in [-0.2, 0) is 0 Å². The second-order valence-electron chi connectivity index (χ2n) is 4.45. The third-order valence-electron chi connectivity index (χ3n) is 3.15. The molecular weight excluding hydrogens is 284 g/mol. The lowest BCUT2D eigenvalue weighted by molar-refractivity contribution is 0.395. The first-order valence-electron chi connectivity index (χ1n) is 6.46. The van der Waals surface area contributed by atoms with Crippen LogP contribution >= 0.6 is 0 Å². The van der Waals surface area contributed by atoms with Gasteiger partial charge in [-0.25, -0.2) is 0 Å². The van der Waals surface area contributed by atoms with Crippen LogP contribution in [0.2, 0.25) is 0 Å². The van der Waals surface area contributed by atoms with Crippen molar-refractivity contribution in [3.63, 3.8) is 0 Å². The van der Waals surface area contributed by atoms with E-state index < -0.39 is 0 Å². The Morgan fingerprint density at radius 1 is 1.09 bits per heavy atom. The summed E-state index contributed by atoms with van der Waals surface area (Å²) in [6.07, 6.45) is 0. The highest BCUT2D eigenvalue weighted by Gasteiger charge is 2.09. The van der Waals surface area contributed by atoms with E-state index in [1.165, 1.54) is 0 Å². The molecule has 8 nitrogen and oxygen atoms in total. The Kier molecular flexibility index (Phi) is 3.57. The lowest BCUT2D eigenvalue weighted by atomic mass is 10.2. The normalized spacial score (nSPS) is 11.2. The Bertz CT molecular complexity index is 842. The molecule has 0 fully saturated rings. The van der Waals surface area contributed by atoms with Crippen molar-refractivity contribution in [3.8, 4) is 11.5 Å². The third kappa shape index (κ3) is 2.41. The number of ether oxygens (including phenoxy) is 2. The van der Waals surface area contributed by atoms with Crippen molar-refractivity contribution in [1.29, 1.82) is 0 Å². The molecule has 8 heteroatoms. The minimum absolute atomic E-state index is 0.481. The summed E-state index contributed by atoms with van der Waals surface area (Å²) in [5.74, 6) is 1.23. The van der Waals surface area contributed by atoms with E-state index in [1.54, 1.807) is 44.6 Å². The standard InChI is InChI=1S/C14H14N6O2/c1-21-8-3-5-10(12(7-8)22-2)16-18-13-9(15)4-6-11-14(13)19-20-17-11/h3-7H,15H2,1-2H3,(H,17,19,20)/b18-16+. The number of anilines is 1. The van der Waals surface area contributed by atoms with Crippen molar-refractivity contribution >= 4 is 28.1 Å². The van der Waals surface area contributed by atoms with Gasteiger partial charge in [0.15, 0.2) is 0 Å². The zero-order valence-electron chi connectivity index (χ0n) is 12.1. The van der Waals surface area contributed by atoms with Crippen molar-refractivity contribution in [2.75, 3.05) is 20.0 Å². The molecule has 0 aliphatic carbocycles. The maximum Gasteiger partial charge on any atom is 0.150 e. The number of nitrogen functional groups attached to an aromatic ring is 1. The lowest BCUT2D eigenvalue weighted by Crippen LogP contribution is -1.87. The lowest BCUT2D eigenvalue weighted by Gasteiger charge is -2.06. The zero-order valence-corrected chi connectivity index (χ0v) is 12.1. The molecule has 0 atom stereocenters. The van der Waals surface area contributed by atoms with Gasteiger partial charge in [-0.2, -0.15) is 0 Å². The van der Waals surface area contributed by atoms with Gasteiger partial charge < -0.3 is 15.2 Å². The number of fused-ring (bicyclic) bond motifs is 1. The molecule has 22 heavy (non-hydrogen) atoms. The van der Waals surface area contributed by atoms with Crippen molar-refractivity contribution in [1.82, 2.24) is 15.4 Å². The molecule has 2 aromatic carbocycles. The van der Waals surface area contributed by atoms with Crippen LogP contribution in [0.1, 0.15) is 0 Å². The minimum Gasteiger partial charge on any atom is -0.497 e. The monoisotopic (exact) mass is 298 g/mol. The number of hydrogen-bond acceptors (Lipinski definition) is 7. The van der Waals surface area contributed by atoms with E-state index >= 15 is 0 Å². The molecule has 0 amide bonds. The van der Waals surface area contributed by atoms with E-state index in [0.29, 0.717) is 39.6 Å². The highest BCUT2D eigenvalue weighted by Crippen LogP contribution is 2.35. The second-order valence-corrected chi connectivity index (χ2v) is 4.45. The smallest absolute Gasteiger partial charge is 0.150 e. The average Bonchev–Trinajstić information content (AvgIpc) is 3.02. The van der Waals surface area contributed by atoms with E-state index in [1.807, 2.05) is 0 Å². The number of H-pyrrole nitrogens is 1. The van der Waals surface area contributed by atoms with Crippen LogP contribution in [0.4, 0.5) is 17.1 Å². The van der Waals surface area contributed by atoms with Crippen LogP contribution in [-0.4, -0.2) is 29.6 Å².